The van der Waals surface area contributed by atoms with E-state index in [0.29, 0.717) is 11.5 Å². The van der Waals surface area contributed by atoms with Gasteiger partial charge in [0, 0.05) is 4.75 Å². The molecular formula is C20H29N3O4S. The Morgan fingerprint density at radius 2 is 1.75 bits per heavy atom. The van der Waals surface area contributed by atoms with Crippen molar-refractivity contribution in [1.29, 1.82) is 0 Å². The van der Waals surface area contributed by atoms with Gasteiger partial charge in [-0.05, 0) is 17.0 Å². The molecule has 4 N–H and O–H groups in total. The second-order valence-corrected chi connectivity index (χ2v) is 10.2. The van der Waals surface area contributed by atoms with E-state index in [9.17, 15) is 14.4 Å². The molecule has 1 fully saturated rings. The summed E-state index contributed by atoms with van der Waals surface area (Å²) < 4.78 is -0.208. The first-order chi connectivity index (χ1) is 12.9. The fraction of sp³-hybridized carbons (Fsp3) is 0.550. The van der Waals surface area contributed by atoms with E-state index in [-0.39, 0.29) is 11.3 Å². The number of thioether (sulfide) groups is 1. The van der Waals surface area contributed by atoms with Gasteiger partial charge >= 0.3 is 5.97 Å². The minimum Gasteiger partial charge on any atom is -0.480 e. The Labute approximate surface area is 170 Å². The number of hydrogen-bond donors (Lipinski definition) is 3. The van der Waals surface area contributed by atoms with Crippen LogP contribution in [0.5, 0.6) is 0 Å². The maximum absolute atomic E-state index is 12.6. The highest BCUT2D eigenvalue weighted by atomic mass is 32.2. The maximum atomic E-state index is 12.6. The van der Waals surface area contributed by atoms with Crippen LogP contribution in [0.3, 0.4) is 0 Å². The number of nitrogens with zero attached hydrogens (tertiary/aromatic N) is 1. The predicted octanol–water partition coefficient (Wildman–Crippen LogP) is 2.08. The fourth-order valence-corrected chi connectivity index (χ4v) is 4.30. The van der Waals surface area contributed by atoms with Gasteiger partial charge in [-0.15, -0.1) is 11.8 Å². The normalized spacial score (nSPS) is 20.7. The number of carbonyl (C=O) groups excluding carboxylic acids is 2. The number of carboxylic acid groups (broad SMARTS) is 1. The molecule has 1 heterocycles. The van der Waals surface area contributed by atoms with E-state index in [1.807, 2.05) is 45.0 Å². The van der Waals surface area contributed by atoms with E-state index >= 15 is 0 Å². The van der Waals surface area contributed by atoms with Crippen molar-refractivity contribution in [3.63, 3.8) is 0 Å². The predicted molar refractivity (Wildman–Crippen MR) is 110 cm³/mol. The Kier molecular flexibility index (Phi) is 6.77. The lowest BCUT2D eigenvalue weighted by Gasteiger charge is -2.48. The Balaban J connectivity index is 2.09. The van der Waals surface area contributed by atoms with Crippen molar-refractivity contribution in [1.82, 2.24) is 10.2 Å². The van der Waals surface area contributed by atoms with Crippen molar-refractivity contribution in [2.75, 3.05) is 6.54 Å². The van der Waals surface area contributed by atoms with Crippen LogP contribution in [-0.2, 0) is 14.4 Å². The third-order valence-corrected chi connectivity index (χ3v) is 5.94. The SMILES string of the molecule is CC(C)c1ccc(C(N)C(=O)NC2C(=O)N(CC(=O)O)C2SC(C)(C)C)cc1. The molecule has 1 aliphatic heterocycles. The molecule has 0 aromatic heterocycles. The zero-order chi connectivity index (χ0) is 21.2. The molecule has 3 atom stereocenters. The van der Waals surface area contributed by atoms with Gasteiger partial charge in [-0.2, -0.15) is 0 Å². The summed E-state index contributed by atoms with van der Waals surface area (Å²) in [6, 6.07) is 5.84. The molecule has 2 rings (SSSR count). The Morgan fingerprint density at radius 3 is 2.21 bits per heavy atom. The van der Waals surface area contributed by atoms with Crippen molar-refractivity contribution in [2.24, 2.45) is 5.73 Å². The summed E-state index contributed by atoms with van der Waals surface area (Å²) >= 11 is 1.45. The third kappa shape index (κ3) is 5.26. The summed E-state index contributed by atoms with van der Waals surface area (Å²) in [6.45, 7) is 9.70. The van der Waals surface area contributed by atoms with Gasteiger partial charge in [-0.3, -0.25) is 14.4 Å². The molecule has 0 spiro atoms. The van der Waals surface area contributed by atoms with Crippen LogP contribution in [0.15, 0.2) is 24.3 Å². The van der Waals surface area contributed by atoms with E-state index < -0.39 is 35.2 Å². The van der Waals surface area contributed by atoms with Gasteiger partial charge in [-0.25, -0.2) is 0 Å². The minimum absolute atomic E-state index is 0.208. The Hall–Kier alpha value is -2.06. The number of nitrogens with one attached hydrogen (secondary N) is 1. The van der Waals surface area contributed by atoms with E-state index in [1.165, 1.54) is 16.7 Å². The number of benzene rings is 1. The van der Waals surface area contributed by atoms with Crippen LogP contribution in [0.4, 0.5) is 0 Å². The van der Waals surface area contributed by atoms with Gasteiger partial charge in [0.25, 0.3) is 0 Å². The quantitative estimate of drug-likeness (QED) is 0.597. The molecule has 0 bridgehead atoms. The van der Waals surface area contributed by atoms with Crippen LogP contribution in [0, 0.1) is 0 Å². The number of rotatable bonds is 7. The molecule has 1 aromatic rings. The van der Waals surface area contributed by atoms with Crippen molar-refractivity contribution in [3.8, 4) is 0 Å². The molecule has 3 unspecified atom stereocenters. The summed E-state index contributed by atoms with van der Waals surface area (Å²) in [4.78, 5) is 37.3. The zero-order valence-corrected chi connectivity index (χ0v) is 17.7. The second kappa shape index (κ2) is 8.53. The number of aliphatic carboxylic acids is 1. The fourth-order valence-electron chi connectivity index (χ4n) is 2.95. The zero-order valence-electron chi connectivity index (χ0n) is 16.9. The molecule has 0 saturated carbocycles. The smallest absolute Gasteiger partial charge is 0.323 e. The van der Waals surface area contributed by atoms with E-state index in [1.54, 1.807) is 0 Å². The lowest BCUT2D eigenvalue weighted by atomic mass is 9.98. The van der Waals surface area contributed by atoms with Gasteiger partial charge in [0.15, 0.2) is 0 Å². The summed E-state index contributed by atoms with van der Waals surface area (Å²) in [5, 5.41) is 11.3. The number of carboxylic acids is 1. The molecule has 7 nitrogen and oxygen atoms in total. The van der Waals surface area contributed by atoms with Crippen LogP contribution in [0.1, 0.15) is 57.7 Å². The Bertz CT molecular complexity index is 743. The standard InChI is InChI=1S/C20H29N3O4S/c1-11(2)12-6-8-13(9-7-12)15(21)17(26)22-16-18(27)23(10-14(24)25)19(16)28-20(3,4)5/h6-9,11,15-16,19H,10,21H2,1-5H3,(H,22,26)(H,24,25). The van der Waals surface area contributed by atoms with E-state index in [2.05, 4.69) is 19.2 Å². The lowest BCUT2D eigenvalue weighted by Crippen LogP contribution is -2.71. The number of β-lactam (4-membered cyclic amide) rings is 1. The minimum atomic E-state index is -1.08. The number of carbonyl (C=O) groups is 3. The lowest BCUT2D eigenvalue weighted by molar-refractivity contribution is -0.155. The first-order valence-electron chi connectivity index (χ1n) is 9.26. The van der Waals surface area contributed by atoms with Crippen LogP contribution in [-0.4, -0.2) is 50.5 Å². The summed E-state index contributed by atoms with van der Waals surface area (Å²) in [5.41, 5.74) is 7.90. The van der Waals surface area contributed by atoms with Crippen molar-refractivity contribution in [2.45, 2.75) is 62.7 Å². The van der Waals surface area contributed by atoms with Crippen molar-refractivity contribution < 1.29 is 19.5 Å². The average Bonchev–Trinajstić information content (AvgIpc) is 2.61. The molecular weight excluding hydrogens is 378 g/mol. The van der Waals surface area contributed by atoms with Crippen molar-refractivity contribution in [3.05, 3.63) is 35.4 Å². The van der Waals surface area contributed by atoms with E-state index in [4.69, 9.17) is 10.8 Å². The molecule has 0 aliphatic carbocycles. The highest BCUT2D eigenvalue weighted by molar-refractivity contribution is 8.01. The maximum Gasteiger partial charge on any atom is 0.323 e. The van der Waals surface area contributed by atoms with Crippen LogP contribution in [0.25, 0.3) is 0 Å². The van der Waals surface area contributed by atoms with Gasteiger partial charge in [-0.1, -0.05) is 58.9 Å². The third-order valence-electron chi connectivity index (χ3n) is 4.46. The monoisotopic (exact) mass is 407 g/mol. The molecule has 1 saturated heterocycles. The van der Waals surface area contributed by atoms with E-state index in [0.717, 1.165) is 5.56 Å². The number of nitrogens with two attached hydrogens (primary N) is 1. The number of likely N-dealkylation sites (tertiary alicyclic amines) is 1. The number of amides is 2. The topological polar surface area (TPSA) is 113 Å². The summed E-state index contributed by atoms with van der Waals surface area (Å²) in [6.07, 6.45) is 0. The highest BCUT2D eigenvalue weighted by Gasteiger charge is 2.50. The van der Waals surface area contributed by atoms with Gasteiger partial charge in [0.2, 0.25) is 11.8 Å². The molecule has 154 valence electrons. The molecule has 8 heteroatoms. The second-order valence-electron chi connectivity index (χ2n) is 8.27. The molecule has 0 radical (unpaired) electrons. The van der Waals surface area contributed by atoms with Crippen LogP contribution >= 0.6 is 11.8 Å². The van der Waals surface area contributed by atoms with Gasteiger partial charge < -0.3 is 21.1 Å². The first-order valence-corrected chi connectivity index (χ1v) is 10.1. The van der Waals surface area contributed by atoms with Crippen molar-refractivity contribution >= 4 is 29.5 Å². The molecule has 1 aromatic carbocycles. The van der Waals surface area contributed by atoms with Gasteiger partial charge in [0.1, 0.15) is 24.0 Å². The largest absolute Gasteiger partial charge is 0.480 e. The average molecular weight is 408 g/mol. The molecule has 28 heavy (non-hydrogen) atoms. The highest BCUT2D eigenvalue weighted by Crippen LogP contribution is 2.38. The Morgan fingerprint density at radius 1 is 1.21 bits per heavy atom. The number of hydrogen-bond acceptors (Lipinski definition) is 5. The van der Waals surface area contributed by atoms with Crippen LogP contribution in [0.2, 0.25) is 0 Å². The van der Waals surface area contributed by atoms with Gasteiger partial charge in [0.05, 0.1) is 0 Å². The summed E-state index contributed by atoms with van der Waals surface area (Å²) in [7, 11) is 0. The first kappa shape index (κ1) is 22.2. The molecule has 2 amide bonds. The molecule has 1 aliphatic rings. The summed E-state index contributed by atoms with van der Waals surface area (Å²) in [5.74, 6) is -1.56. The van der Waals surface area contributed by atoms with Crippen LogP contribution < -0.4 is 11.1 Å².